The molecule has 0 amide bonds. The summed E-state index contributed by atoms with van der Waals surface area (Å²) in [5.41, 5.74) is 3.31. The maximum Gasteiger partial charge on any atom is -1.00 e. The second-order valence-electron chi connectivity index (χ2n) is 3.52. The first kappa shape index (κ1) is 12.3. The molecule has 2 aliphatic carbocycles. The number of halogens is 2. The summed E-state index contributed by atoms with van der Waals surface area (Å²) in [5, 5.41) is 0. The molecule has 1 aliphatic heterocycles. The van der Waals surface area contributed by atoms with Crippen LogP contribution >= 0.6 is 0 Å². The average Bonchev–Trinajstić information content (AvgIpc) is 2.64. The minimum absolute atomic E-state index is 0. The van der Waals surface area contributed by atoms with Crippen molar-refractivity contribution in [2.75, 3.05) is 0 Å². The van der Waals surface area contributed by atoms with E-state index in [1.165, 1.54) is 19.3 Å². The summed E-state index contributed by atoms with van der Waals surface area (Å²) in [7, 11) is 0. The molecule has 0 saturated carbocycles. The molecular weight excluding hydrogens is 251 g/mol. The van der Waals surface area contributed by atoms with E-state index >= 15 is 0 Å². The van der Waals surface area contributed by atoms with Crippen LogP contribution in [-0.2, 0) is 19.2 Å². The molecule has 0 atom stereocenters. The molecular formula is C11H10Cl2Ti. The molecule has 0 fully saturated rings. The van der Waals surface area contributed by atoms with Gasteiger partial charge in [0.2, 0.25) is 0 Å². The average molecular weight is 261 g/mol. The molecule has 14 heavy (non-hydrogen) atoms. The van der Waals surface area contributed by atoms with Crippen molar-refractivity contribution in [3.8, 4) is 0 Å². The van der Waals surface area contributed by atoms with Gasteiger partial charge in [-0.3, -0.25) is 0 Å². The second kappa shape index (κ2) is 4.85. The van der Waals surface area contributed by atoms with Gasteiger partial charge in [-0.1, -0.05) is 0 Å². The van der Waals surface area contributed by atoms with Gasteiger partial charge in [-0.25, -0.2) is 0 Å². The van der Waals surface area contributed by atoms with Gasteiger partial charge in [-0.15, -0.1) is 0 Å². The topological polar surface area (TPSA) is 0 Å². The van der Waals surface area contributed by atoms with Crippen molar-refractivity contribution in [3.63, 3.8) is 0 Å². The Kier molecular flexibility index (Phi) is 4.27. The van der Waals surface area contributed by atoms with Crippen LogP contribution in [0.5, 0.6) is 0 Å². The van der Waals surface area contributed by atoms with Crippen LogP contribution < -0.4 is 24.8 Å². The third-order valence-corrected chi connectivity index (χ3v) is 5.32. The van der Waals surface area contributed by atoms with Gasteiger partial charge >= 0.3 is 81.6 Å². The van der Waals surface area contributed by atoms with E-state index in [0.29, 0.717) is 0 Å². The van der Waals surface area contributed by atoms with Gasteiger partial charge in [0, 0.05) is 0 Å². The molecule has 0 aromatic rings. The van der Waals surface area contributed by atoms with Crippen LogP contribution in [0.3, 0.4) is 0 Å². The Morgan fingerprint density at radius 3 is 1.86 bits per heavy atom. The Morgan fingerprint density at radius 1 is 0.857 bits per heavy atom. The van der Waals surface area contributed by atoms with Crippen molar-refractivity contribution in [1.82, 2.24) is 0 Å². The van der Waals surface area contributed by atoms with Crippen molar-refractivity contribution < 1.29 is 44.0 Å². The molecule has 0 radical (unpaired) electrons. The van der Waals surface area contributed by atoms with E-state index < -0.39 is 0 Å². The van der Waals surface area contributed by atoms with Crippen LogP contribution in [0, 0.1) is 0 Å². The normalized spacial score (nSPS) is 20.6. The van der Waals surface area contributed by atoms with Gasteiger partial charge in [0.1, 0.15) is 0 Å². The monoisotopic (exact) mass is 260 g/mol. The van der Waals surface area contributed by atoms with E-state index in [0.717, 1.165) is 0 Å². The first-order valence-corrected chi connectivity index (χ1v) is 6.04. The van der Waals surface area contributed by atoms with Crippen molar-refractivity contribution in [1.29, 1.82) is 0 Å². The molecule has 0 bridgehead atoms. The van der Waals surface area contributed by atoms with Gasteiger partial charge in [0.15, 0.2) is 0 Å². The number of allylic oxidation sites excluding steroid dienone is 8. The maximum absolute atomic E-state index is 2.34. The fourth-order valence-electron chi connectivity index (χ4n) is 2.08. The zero-order valence-electron chi connectivity index (χ0n) is 7.69. The van der Waals surface area contributed by atoms with Crippen molar-refractivity contribution in [2.45, 2.75) is 19.3 Å². The van der Waals surface area contributed by atoms with E-state index in [4.69, 9.17) is 0 Å². The molecule has 0 unspecified atom stereocenters. The third kappa shape index (κ3) is 1.94. The van der Waals surface area contributed by atoms with E-state index in [9.17, 15) is 0 Å². The number of rotatable bonds is 0. The third-order valence-electron chi connectivity index (χ3n) is 2.74. The van der Waals surface area contributed by atoms with E-state index in [1.54, 1.807) is 18.9 Å². The minimum atomic E-state index is 0. The Morgan fingerprint density at radius 2 is 1.36 bits per heavy atom. The number of hydrogen-bond donors (Lipinski definition) is 0. The first-order chi connectivity index (χ1) is 5.93. The predicted molar refractivity (Wildman–Crippen MR) is 46.2 cm³/mol. The van der Waals surface area contributed by atoms with Gasteiger partial charge in [-0.05, 0) is 0 Å². The molecule has 0 spiro atoms. The van der Waals surface area contributed by atoms with Gasteiger partial charge in [0.05, 0.1) is 0 Å². The summed E-state index contributed by atoms with van der Waals surface area (Å²) in [6.07, 6.45) is 13.1. The van der Waals surface area contributed by atoms with Crippen LogP contribution in [0.1, 0.15) is 19.3 Å². The quantitative estimate of drug-likeness (QED) is 0.405. The van der Waals surface area contributed by atoms with Crippen LogP contribution in [0.25, 0.3) is 0 Å². The van der Waals surface area contributed by atoms with Crippen molar-refractivity contribution in [3.05, 3.63) is 43.2 Å². The standard InChI is InChI=1S/C11H10.2ClH.Ti/c1-2-6-10(5-1)9-11-7-3-4-8-11;;;/h1,3,5,7H,2,4,9H2;2*1H;/q;;;+2/p-2. The van der Waals surface area contributed by atoms with Crippen LogP contribution in [0.4, 0.5) is 0 Å². The van der Waals surface area contributed by atoms with Crippen LogP contribution in [0.15, 0.2) is 43.2 Å². The maximum atomic E-state index is 2.34. The fourth-order valence-corrected chi connectivity index (χ4v) is 4.38. The zero-order chi connectivity index (χ0) is 7.97. The van der Waals surface area contributed by atoms with E-state index in [-0.39, 0.29) is 44.0 Å². The molecule has 0 nitrogen and oxygen atoms in total. The molecule has 3 heteroatoms. The minimum Gasteiger partial charge on any atom is -1.00 e. The molecule has 0 aromatic heterocycles. The molecule has 0 N–H and O–H groups in total. The molecule has 1 heterocycles. The summed E-state index contributed by atoms with van der Waals surface area (Å²) in [6, 6.07) is 0. The van der Waals surface area contributed by atoms with Crippen molar-refractivity contribution >= 4 is 0 Å². The second-order valence-corrected chi connectivity index (χ2v) is 5.80. The van der Waals surface area contributed by atoms with Gasteiger partial charge in [0.25, 0.3) is 0 Å². The van der Waals surface area contributed by atoms with Crippen LogP contribution in [0.2, 0.25) is 0 Å². The largest absolute Gasteiger partial charge is 1.00 e. The summed E-state index contributed by atoms with van der Waals surface area (Å²) in [6.45, 7) is 0. The summed E-state index contributed by atoms with van der Waals surface area (Å²) in [5.74, 6) is 0. The summed E-state index contributed by atoms with van der Waals surface area (Å²) in [4.78, 5) is 0. The first-order valence-electron chi connectivity index (χ1n) is 4.47. The van der Waals surface area contributed by atoms with Gasteiger partial charge in [-0.2, -0.15) is 0 Å². The molecule has 0 saturated heterocycles. The van der Waals surface area contributed by atoms with E-state index in [1.807, 2.05) is 0 Å². The summed E-state index contributed by atoms with van der Waals surface area (Å²) < 4.78 is 3.61. The SMILES string of the molecule is C1=CC2=[C](C1)[Ti+2][C]1=C(C=CC1)C2.[Cl-].[Cl-]. The predicted octanol–water partition coefficient (Wildman–Crippen LogP) is -3.09. The number of hydrogen-bond acceptors (Lipinski definition) is 0. The van der Waals surface area contributed by atoms with E-state index in [2.05, 4.69) is 24.3 Å². The smallest absolute Gasteiger partial charge is 1.00 e. The molecule has 3 rings (SSSR count). The molecule has 3 aliphatic rings. The van der Waals surface area contributed by atoms with Crippen molar-refractivity contribution in [2.24, 2.45) is 0 Å². The fraction of sp³-hybridized carbons (Fsp3) is 0.273. The summed E-state index contributed by atoms with van der Waals surface area (Å²) >= 11 is 0.126. The Balaban J connectivity index is 0.000000490. The Hall–Kier alpha value is 0.254. The van der Waals surface area contributed by atoms with Gasteiger partial charge < -0.3 is 24.8 Å². The Bertz CT molecular complexity index is 327. The molecule has 72 valence electrons. The van der Waals surface area contributed by atoms with Crippen LogP contribution in [-0.4, -0.2) is 0 Å². The zero-order valence-corrected chi connectivity index (χ0v) is 10.8. The Labute approximate surface area is 106 Å². The molecule has 0 aromatic carbocycles.